The summed E-state index contributed by atoms with van der Waals surface area (Å²) in [5.74, 6) is -0.708. The van der Waals surface area contributed by atoms with Crippen molar-refractivity contribution in [2.24, 2.45) is 0 Å². The Labute approximate surface area is 132 Å². The van der Waals surface area contributed by atoms with Gasteiger partial charge in [-0.2, -0.15) is 0 Å². The first-order chi connectivity index (χ1) is 11.2. The smallest absolute Gasteiger partial charge is 0.236 e. The van der Waals surface area contributed by atoms with Crippen LogP contribution in [0.1, 0.15) is 17.4 Å². The highest BCUT2D eigenvalue weighted by atomic mass is 19.1. The van der Waals surface area contributed by atoms with Gasteiger partial charge in [-0.1, -0.05) is 6.07 Å². The fourth-order valence-corrected chi connectivity index (χ4v) is 2.64. The first kappa shape index (κ1) is 15.8. The minimum absolute atomic E-state index is 0.363. The molecule has 2 aromatic rings. The number of methoxy groups -OCH3 is 1. The molecule has 0 radical (unpaired) electrons. The Hall–Kier alpha value is -2.12. The van der Waals surface area contributed by atoms with Crippen LogP contribution < -0.4 is 4.74 Å². The zero-order valence-corrected chi connectivity index (χ0v) is 12.7. The van der Waals surface area contributed by atoms with Gasteiger partial charge >= 0.3 is 0 Å². The Morgan fingerprint density at radius 3 is 2.91 bits per heavy atom. The van der Waals surface area contributed by atoms with Crippen LogP contribution in [0.4, 0.5) is 8.78 Å². The van der Waals surface area contributed by atoms with Gasteiger partial charge in [-0.05, 0) is 6.07 Å². The van der Waals surface area contributed by atoms with Crippen LogP contribution in [-0.2, 0) is 11.3 Å². The van der Waals surface area contributed by atoms with Crippen LogP contribution in [0.5, 0.6) is 5.88 Å². The lowest BCUT2D eigenvalue weighted by molar-refractivity contribution is -0.0351. The molecule has 1 aliphatic rings. The van der Waals surface area contributed by atoms with Gasteiger partial charge in [-0.25, -0.2) is 13.8 Å². The summed E-state index contributed by atoms with van der Waals surface area (Å²) < 4.78 is 37.8. The number of hydrogen-bond acceptors (Lipinski definition) is 5. The van der Waals surface area contributed by atoms with Crippen molar-refractivity contribution in [3.05, 3.63) is 53.5 Å². The number of hydrogen-bond donors (Lipinski definition) is 0. The van der Waals surface area contributed by atoms with E-state index >= 15 is 0 Å². The van der Waals surface area contributed by atoms with E-state index in [0.29, 0.717) is 37.7 Å². The van der Waals surface area contributed by atoms with Crippen molar-refractivity contribution in [3.8, 4) is 5.88 Å². The SMILES string of the molecule is COc1nccnc1CN1CCOC(c2ccc(F)cc2F)C1. The van der Waals surface area contributed by atoms with Crippen LogP contribution in [0.2, 0.25) is 0 Å². The quantitative estimate of drug-likeness (QED) is 0.865. The van der Waals surface area contributed by atoms with E-state index in [0.717, 1.165) is 11.8 Å². The third-order valence-electron chi connectivity index (χ3n) is 3.76. The van der Waals surface area contributed by atoms with Crippen molar-refractivity contribution in [1.82, 2.24) is 14.9 Å². The molecule has 2 heterocycles. The minimum Gasteiger partial charge on any atom is -0.480 e. The van der Waals surface area contributed by atoms with Gasteiger partial charge in [0, 0.05) is 43.7 Å². The van der Waals surface area contributed by atoms with Gasteiger partial charge in [-0.3, -0.25) is 9.88 Å². The minimum atomic E-state index is -0.594. The van der Waals surface area contributed by atoms with E-state index in [4.69, 9.17) is 9.47 Å². The van der Waals surface area contributed by atoms with Gasteiger partial charge in [-0.15, -0.1) is 0 Å². The molecule has 122 valence electrons. The fourth-order valence-electron chi connectivity index (χ4n) is 2.64. The molecule has 0 saturated carbocycles. The molecule has 1 aromatic carbocycles. The molecule has 0 spiro atoms. The topological polar surface area (TPSA) is 47.5 Å². The van der Waals surface area contributed by atoms with E-state index in [2.05, 4.69) is 14.9 Å². The van der Waals surface area contributed by atoms with Crippen LogP contribution in [-0.4, -0.2) is 41.7 Å². The van der Waals surface area contributed by atoms with Gasteiger partial charge in [0.15, 0.2) is 0 Å². The predicted octanol–water partition coefficient (Wildman–Crippen LogP) is 2.34. The summed E-state index contributed by atoms with van der Waals surface area (Å²) in [6.45, 7) is 2.17. The summed E-state index contributed by atoms with van der Waals surface area (Å²) in [4.78, 5) is 10.5. The number of ether oxygens (including phenoxy) is 2. The second-order valence-electron chi connectivity index (χ2n) is 5.27. The highest BCUT2D eigenvalue weighted by Crippen LogP contribution is 2.26. The highest BCUT2D eigenvalue weighted by Gasteiger charge is 2.25. The summed E-state index contributed by atoms with van der Waals surface area (Å²) in [6.07, 6.45) is 2.74. The molecule has 5 nitrogen and oxygen atoms in total. The first-order valence-electron chi connectivity index (χ1n) is 7.30. The Bertz CT molecular complexity index is 684. The van der Waals surface area contributed by atoms with Crippen LogP contribution in [0.25, 0.3) is 0 Å². The van der Waals surface area contributed by atoms with Crippen molar-refractivity contribution in [2.45, 2.75) is 12.6 Å². The van der Waals surface area contributed by atoms with Gasteiger partial charge in [0.25, 0.3) is 0 Å². The Morgan fingerprint density at radius 1 is 1.30 bits per heavy atom. The molecule has 1 aromatic heterocycles. The molecule has 0 N–H and O–H groups in total. The Morgan fingerprint density at radius 2 is 2.13 bits per heavy atom. The lowest BCUT2D eigenvalue weighted by Crippen LogP contribution is -2.38. The summed E-state index contributed by atoms with van der Waals surface area (Å²) in [5.41, 5.74) is 1.08. The van der Waals surface area contributed by atoms with Crippen LogP contribution in [0.3, 0.4) is 0 Å². The van der Waals surface area contributed by atoms with Gasteiger partial charge in [0.1, 0.15) is 17.3 Å². The fraction of sp³-hybridized carbons (Fsp3) is 0.375. The molecule has 23 heavy (non-hydrogen) atoms. The van der Waals surface area contributed by atoms with Gasteiger partial charge < -0.3 is 9.47 Å². The summed E-state index contributed by atoms with van der Waals surface area (Å²) in [5, 5.41) is 0. The molecule has 3 rings (SSSR count). The standard InChI is InChI=1S/C16H17F2N3O2/c1-22-16-14(19-4-5-20-16)9-21-6-7-23-15(10-21)12-3-2-11(17)8-13(12)18/h2-5,8,15H,6-7,9-10H2,1H3. The van der Waals surface area contributed by atoms with E-state index in [-0.39, 0.29) is 0 Å². The zero-order valence-electron chi connectivity index (χ0n) is 12.7. The maximum atomic E-state index is 13.9. The molecular weight excluding hydrogens is 304 g/mol. The number of rotatable bonds is 4. The van der Waals surface area contributed by atoms with Gasteiger partial charge in [0.2, 0.25) is 5.88 Å². The highest BCUT2D eigenvalue weighted by molar-refractivity contribution is 5.22. The molecule has 0 bridgehead atoms. The molecular formula is C16H17F2N3O2. The molecule has 0 amide bonds. The summed E-state index contributed by atoms with van der Waals surface area (Å²) >= 11 is 0. The number of nitrogens with zero attached hydrogens (tertiary/aromatic N) is 3. The Balaban J connectivity index is 1.73. The van der Waals surface area contributed by atoms with E-state index in [1.165, 1.54) is 12.1 Å². The van der Waals surface area contributed by atoms with E-state index in [1.807, 2.05) is 0 Å². The van der Waals surface area contributed by atoms with Crippen LogP contribution in [0.15, 0.2) is 30.6 Å². The Kier molecular flexibility index (Phi) is 4.78. The van der Waals surface area contributed by atoms with Crippen LogP contribution in [0, 0.1) is 11.6 Å². The molecule has 1 aliphatic heterocycles. The van der Waals surface area contributed by atoms with Crippen molar-refractivity contribution >= 4 is 0 Å². The molecule has 0 aliphatic carbocycles. The van der Waals surface area contributed by atoms with Crippen molar-refractivity contribution in [2.75, 3.05) is 26.8 Å². The molecule has 1 unspecified atom stereocenters. The average molecular weight is 321 g/mol. The summed E-state index contributed by atoms with van der Waals surface area (Å²) in [6, 6.07) is 3.55. The maximum absolute atomic E-state index is 13.9. The maximum Gasteiger partial charge on any atom is 0.236 e. The first-order valence-corrected chi connectivity index (χ1v) is 7.30. The molecule has 7 heteroatoms. The largest absolute Gasteiger partial charge is 0.480 e. The van der Waals surface area contributed by atoms with Crippen molar-refractivity contribution in [1.29, 1.82) is 0 Å². The zero-order chi connectivity index (χ0) is 16.2. The third kappa shape index (κ3) is 3.62. The predicted molar refractivity (Wildman–Crippen MR) is 78.9 cm³/mol. The molecule has 1 saturated heterocycles. The van der Waals surface area contributed by atoms with E-state index < -0.39 is 17.7 Å². The van der Waals surface area contributed by atoms with Gasteiger partial charge in [0.05, 0.1) is 19.8 Å². The number of aromatic nitrogens is 2. The van der Waals surface area contributed by atoms with Crippen molar-refractivity contribution < 1.29 is 18.3 Å². The van der Waals surface area contributed by atoms with Crippen LogP contribution >= 0.6 is 0 Å². The lowest BCUT2D eigenvalue weighted by atomic mass is 10.1. The third-order valence-corrected chi connectivity index (χ3v) is 3.76. The second-order valence-corrected chi connectivity index (χ2v) is 5.27. The van der Waals surface area contributed by atoms with Crippen molar-refractivity contribution in [3.63, 3.8) is 0 Å². The monoisotopic (exact) mass is 321 g/mol. The molecule has 1 atom stereocenters. The van der Waals surface area contributed by atoms with E-state index in [9.17, 15) is 8.78 Å². The normalized spacial score (nSPS) is 18.8. The van der Waals surface area contributed by atoms with E-state index in [1.54, 1.807) is 19.5 Å². The number of halogens is 2. The second kappa shape index (κ2) is 6.97. The summed E-state index contributed by atoms with van der Waals surface area (Å²) in [7, 11) is 1.55. The lowest BCUT2D eigenvalue weighted by Gasteiger charge is -2.33. The number of morpholine rings is 1. The molecule has 1 fully saturated rings. The number of benzene rings is 1. The average Bonchev–Trinajstić information content (AvgIpc) is 2.55.